The molecule has 1 aromatic carbocycles. The highest BCUT2D eigenvalue weighted by Gasteiger charge is 2.12. The summed E-state index contributed by atoms with van der Waals surface area (Å²) in [5, 5.41) is 4.79. The summed E-state index contributed by atoms with van der Waals surface area (Å²) in [6, 6.07) is 4.26. The van der Waals surface area contributed by atoms with Crippen LogP contribution in [0.5, 0.6) is 5.75 Å². The fourth-order valence-corrected chi connectivity index (χ4v) is 2.26. The fraction of sp³-hybridized carbons (Fsp3) is 0.250. The molecule has 3 nitrogen and oxygen atoms in total. The van der Waals surface area contributed by atoms with E-state index in [0.717, 1.165) is 11.4 Å². The molecule has 0 fully saturated rings. The van der Waals surface area contributed by atoms with E-state index < -0.39 is 0 Å². The monoisotopic (exact) mass is 332 g/mol. The summed E-state index contributed by atoms with van der Waals surface area (Å²) >= 11 is 9.35. The van der Waals surface area contributed by atoms with Crippen LogP contribution in [0.25, 0.3) is 0 Å². The van der Waals surface area contributed by atoms with Crippen LogP contribution in [0.15, 0.2) is 22.7 Å². The number of aromatic nitrogens is 2. The van der Waals surface area contributed by atoms with Crippen molar-refractivity contribution in [1.82, 2.24) is 9.78 Å². The van der Waals surface area contributed by atoms with Crippen molar-refractivity contribution in [3.05, 3.63) is 44.9 Å². The highest BCUT2D eigenvalue weighted by molar-refractivity contribution is 9.10. The summed E-state index contributed by atoms with van der Waals surface area (Å²) in [6.45, 7) is 2.11. The Morgan fingerprint density at radius 2 is 2.22 bits per heavy atom. The lowest BCUT2D eigenvalue weighted by atomic mass is 10.3. The van der Waals surface area contributed by atoms with Crippen molar-refractivity contribution in [2.45, 2.75) is 13.5 Å². The minimum Gasteiger partial charge on any atom is -0.486 e. The Balaban J connectivity index is 2.16. The van der Waals surface area contributed by atoms with Crippen LogP contribution in [-0.4, -0.2) is 9.78 Å². The van der Waals surface area contributed by atoms with Crippen LogP contribution in [0.3, 0.4) is 0 Å². The average molecular weight is 334 g/mol. The highest BCUT2D eigenvalue weighted by atomic mass is 79.9. The predicted octanol–water partition coefficient (Wildman–Crippen LogP) is 3.86. The SMILES string of the molecule is Cc1nn(C)c(COc2ccc(F)cc2Br)c1Cl. The molecule has 0 amide bonds. The van der Waals surface area contributed by atoms with E-state index in [9.17, 15) is 4.39 Å². The Bertz CT molecular complexity index is 586. The van der Waals surface area contributed by atoms with E-state index in [2.05, 4.69) is 21.0 Å². The van der Waals surface area contributed by atoms with E-state index in [4.69, 9.17) is 16.3 Å². The van der Waals surface area contributed by atoms with Gasteiger partial charge in [0, 0.05) is 7.05 Å². The number of aryl methyl sites for hydroxylation is 2. The van der Waals surface area contributed by atoms with Crippen LogP contribution >= 0.6 is 27.5 Å². The van der Waals surface area contributed by atoms with Crippen molar-refractivity contribution >= 4 is 27.5 Å². The zero-order valence-corrected chi connectivity index (χ0v) is 12.2. The fourth-order valence-electron chi connectivity index (χ4n) is 1.58. The van der Waals surface area contributed by atoms with Crippen molar-refractivity contribution in [3.63, 3.8) is 0 Å². The molecule has 0 N–H and O–H groups in total. The minimum absolute atomic E-state index is 0.278. The molecule has 0 aliphatic heterocycles. The molecule has 96 valence electrons. The van der Waals surface area contributed by atoms with E-state index in [0.29, 0.717) is 15.2 Å². The van der Waals surface area contributed by atoms with Crippen LogP contribution in [0.2, 0.25) is 5.02 Å². The second kappa shape index (κ2) is 5.28. The van der Waals surface area contributed by atoms with Gasteiger partial charge < -0.3 is 4.74 Å². The van der Waals surface area contributed by atoms with E-state index in [1.54, 1.807) is 17.8 Å². The standard InChI is InChI=1S/C12H11BrClFN2O/c1-7-12(14)10(17(2)16-7)6-18-11-4-3-8(15)5-9(11)13/h3-5H,6H2,1-2H3. The number of rotatable bonds is 3. The van der Waals surface area contributed by atoms with E-state index >= 15 is 0 Å². The van der Waals surface area contributed by atoms with Gasteiger partial charge in [0.15, 0.2) is 0 Å². The van der Waals surface area contributed by atoms with Crippen LogP contribution in [0.1, 0.15) is 11.4 Å². The molecule has 2 aromatic rings. The Hall–Kier alpha value is -1.07. The zero-order chi connectivity index (χ0) is 13.3. The lowest BCUT2D eigenvalue weighted by Gasteiger charge is -2.08. The molecule has 2 rings (SSSR count). The van der Waals surface area contributed by atoms with Gasteiger partial charge in [0.2, 0.25) is 0 Å². The highest BCUT2D eigenvalue weighted by Crippen LogP contribution is 2.27. The van der Waals surface area contributed by atoms with Gasteiger partial charge in [-0.3, -0.25) is 4.68 Å². The van der Waals surface area contributed by atoms with Crippen LogP contribution in [-0.2, 0) is 13.7 Å². The first-order chi connectivity index (χ1) is 8.49. The molecule has 0 saturated heterocycles. The number of ether oxygens (including phenoxy) is 1. The van der Waals surface area contributed by atoms with Gasteiger partial charge in [0.1, 0.15) is 18.2 Å². The molecule has 1 aromatic heterocycles. The minimum atomic E-state index is -0.316. The summed E-state index contributed by atoms with van der Waals surface area (Å²) in [5.74, 6) is 0.245. The van der Waals surface area contributed by atoms with E-state index in [-0.39, 0.29) is 12.4 Å². The first-order valence-electron chi connectivity index (χ1n) is 5.25. The van der Waals surface area contributed by atoms with Gasteiger partial charge in [0.05, 0.1) is 20.9 Å². The van der Waals surface area contributed by atoms with Crippen molar-refractivity contribution < 1.29 is 9.13 Å². The summed E-state index contributed by atoms with van der Waals surface area (Å²) in [5.41, 5.74) is 1.54. The van der Waals surface area contributed by atoms with Gasteiger partial charge in [-0.05, 0) is 41.1 Å². The topological polar surface area (TPSA) is 27.1 Å². The molecule has 6 heteroatoms. The van der Waals surface area contributed by atoms with Gasteiger partial charge in [-0.2, -0.15) is 5.10 Å². The molecule has 0 atom stereocenters. The van der Waals surface area contributed by atoms with Crippen molar-refractivity contribution in [3.8, 4) is 5.75 Å². The normalized spacial score (nSPS) is 10.7. The Morgan fingerprint density at radius 3 is 2.78 bits per heavy atom. The molecule has 0 spiro atoms. The maximum absolute atomic E-state index is 12.9. The quantitative estimate of drug-likeness (QED) is 0.853. The first-order valence-corrected chi connectivity index (χ1v) is 6.42. The number of benzene rings is 1. The number of hydrogen-bond donors (Lipinski definition) is 0. The average Bonchev–Trinajstić information content (AvgIpc) is 2.53. The van der Waals surface area contributed by atoms with Gasteiger partial charge in [0.25, 0.3) is 0 Å². The molecule has 0 aliphatic carbocycles. The third-order valence-electron chi connectivity index (χ3n) is 2.52. The van der Waals surface area contributed by atoms with Crippen molar-refractivity contribution in [2.75, 3.05) is 0 Å². The molecular formula is C12H11BrClFN2O. The molecular weight excluding hydrogens is 322 g/mol. The summed E-state index contributed by atoms with van der Waals surface area (Å²) in [7, 11) is 1.80. The molecule has 18 heavy (non-hydrogen) atoms. The summed E-state index contributed by atoms with van der Waals surface area (Å²) < 4.78 is 20.8. The smallest absolute Gasteiger partial charge is 0.134 e. The van der Waals surface area contributed by atoms with Crippen molar-refractivity contribution in [1.29, 1.82) is 0 Å². The third kappa shape index (κ3) is 2.67. The lowest BCUT2D eigenvalue weighted by Crippen LogP contribution is -2.04. The van der Waals surface area contributed by atoms with Crippen LogP contribution < -0.4 is 4.74 Å². The zero-order valence-electron chi connectivity index (χ0n) is 9.88. The van der Waals surface area contributed by atoms with E-state index in [1.807, 2.05) is 6.92 Å². The first kappa shape index (κ1) is 13.4. The Kier molecular flexibility index (Phi) is 3.92. The number of nitrogens with zero attached hydrogens (tertiary/aromatic N) is 2. The molecule has 0 saturated carbocycles. The largest absolute Gasteiger partial charge is 0.486 e. The predicted molar refractivity (Wildman–Crippen MR) is 71.4 cm³/mol. The second-order valence-corrected chi connectivity index (χ2v) is 5.07. The van der Waals surface area contributed by atoms with Gasteiger partial charge in [-0.25, -0.2) is 4.39 Å². The Morgan fingerprint density at radius 1 is 1.50 bits per heavy atom. The molecule has 0 radical (unpaired) electrons. The van der Waals surface area contributed by atoms with Gasteiger partial charge in [-0.15, -0.1) is 0 Å². The third-order valence-corrected chi connectivity index (χ3v) is 3.63. The van der Waals surface area contributed by atoms with Crippen LogP contribution in [0, 0.1) is 12.7 Å². The second-order valence-electron chi connectivity index (χ2n) is 3.83. The Labute approximate surface area is 118 Å². The van der Waals surface area contributed by atoms with E-state index in [1.165, 1.54) is 12.1 Å². The summed E-state index contributed by atoms with van der Waals surface area (Å²) in [4.78, 5) is 0. The molecule has 0 unspecified atom stereocenters. The maximum atomic E-state index is 12.9. The molecule has 0 bridgehead atoms. The summed E-state index contributed by atoms with van der Waals surface area (Å²) in [6.07, 6.45) is 0. The van der Waals surface area contributed by atoms with Gasteiger partial charge in [-0.1, -0.05) is 11.6 Å². The molecule has 0 aliphatic rings. The van der Waals surface area contributed by atoms with Gasteiger partial charge >= 0.3 is 0 Å². The molecule has 1 heterocycles. The number of halogens is 3. The lowest BCUT2D eigenvalue weighted by molar-refractivity contribution is 0.292. The number of hydrogen-bond acceptors (Lipinski definition) is 2. The maximum Gasteiger partial charge on any atom is 0.134 e. The van der Waals surface area contributed by atoms with Crippen molar-refractivity contribution in [2.24, 2.45) is 7.05 Å². The van der Waals surface area contributed by atoms with Crippen LogP contribution in [0.4, 0.5) is 4.39 Å².